The Morgan fingerprint density at radius 2 is 2.18 bits per heavy atom. The maximum Gasteiger partial charge on any atom is 0.317 e. The number of nitrogens with one attached hydrogen (secondary N) is 1. The van der Waals surface area contributed by atoms with Crippen LogP contribution >= 0.6 is 11.6 Å². The molecule has 0 aliphatic carbocycles. The minimum absolute atomic E-state index is 0.128. The van der Waals surface area contributed by atoms with E-state index in [1.807, 2.05) is 30.3 Å². The van der Waals surface area contributed by atoms with E-state index in [-0.39, 0.29) is 12.1 Å². The second-order valence-electron chi connectivity index (χ2n) is 5.07. The normalized spacial score (nSPS) is 18.2. The number of morpholine rings is 1. The molecule has 5 nitrogen and oxygen atoms in total. The number of urea groups is 1. The van der Waals surface area contributed by atoms with Gasteiger partial charge in [0.15, 0.2) is 0 Å². The second-order valence-corrected chi connectivity index (χ2v) is 5.47. The fourth-order valence-electron chi connectivity index (χ4n) is 2.45. The zero-order chi connectivity index (χ0) is 15.4. The van der Waals surface area contributed by atoms with Crippen molar-refractivity contribution in [1.29, 1.82) is 0 Å². The van der Waals surface area contributed by atoms with Crippen molar-refractivity contribution in [3.63, 3.8) is 0 Å². The van der Waals surface area contributed by atoms with E-state index in [9.17, 15) is 4.79 Å². The maximum atomic E-state index is 12.2. The van der Waals surface area contributed by atoms with Crippen LogP contribution in [0.2, 0.25) is 5.02 Å². The number of benzene rings is 1. The average molecular weight is 321 g/mol. The first-order valence-corrected chi connectivity index (χ1v) is 7.53. The van der Waals surface area contributed by atoms with Gasteiger partial charge in [0.2, 0.25) is 0 Å². The van der Waals surface area contributed by atoms with Gasteiger partial charge in [-0.15, -0.1) is 0 Å². The van der Waals surface area contributed by atoms with Crippen LogP contribution in [0.25, 0.3) is 0 Å². The summed E-state index contributed by atoms with van der Waals surface area (Å²) in [7, 11) is 0. The summed E-state index contributed by atoms with van der Waals surface area (Å²) in [5, 5.41) is 3.50. The standard InChI is InChI=1S/C16H17ClN2O3/c17-14-6-2-1-5-13(14)15-11-19(7-9-22-15)16(20)18-10-12-4-3-8-21-12/h1-6,8,15H,7,9-11H2,(H,18,20)/t15-/m0/s1. The van der Waals surface area contributed by atoms with Crippen LogP contribution in [-0.4, -0.2) is 30.6 Å². The van der Waals surface area contributed by atoms with Crippen LogP contribution in [0, 0.1) is 0 Å². The number of halogens is 1. The summed E-state index contributed by atoms with van der Waals surface area (Å²) in [6.07, 6.45) is 1.39. The molecular weight excluding hydrogens is 304 g/mol. The molecule has 1 saturated heterocycles. The summed E-state index contributed by atoms with van der Waals surface area (Å²) in [6, 6.07) is 11.0. The van der Waals surface area contributed by atoms with E-state index in [2.05, 4.69) is 5.32 Å². The Balaban J connectivity index is 1.60. The Kier molecular flexibility index (Phi) is 4.65. The highest BCUT2D eigenvalue weighted by Gasteiger charge is 2.26. The van der Waals surface area contributed by atoms with E-state index < -0.39 is 0 Å². The Morgan fingerprint density at radius 1 is 1.32 bits per heavy atom. The molecule has 116 valence electrons. The number of nitrogens with zero attached hydrogens (tertiary/aromatic N) is 1. The van der Waals surface area contributed by atoms with Crippen LogP contribution in [0.3, 0.4) is 0 Å². The Hall–Kier alpha value is -1.98. The zero-order valence-electron chi connectivity index (χ0n) is 12.0. The number of carbonyl (C=O) groups is 1. The van der Waals surface area contributed by atoms with E-state index in [1.54, 1.807) is 17.2 Å². The van der Waals surface area contributed by atoms with Crippen molar-refractivity contribution in [3.05, 3.63) is 59.0 Å². The SMILES string of the molecule is O=C(NCc1ccco1)N1CCO[C@H](c2ccccc2Cl)C1. The van der Waals surface area contributed by atoms with Gasteiger partial charge in [-0.1, -0.05) is 29.8 Å². The van der Waals surface area contributed by atoms with Crippen LogP contribution in [0.4, 0.5) is 4.79 Å². The molecule has 2 heterocycles. The first kappa shape index (κ1) is 14.9. The molecule has 0 saturated carbocycles. The van der Waals surface area contributed by atoms with Gasteiger partial charge < -0.3 is 19.4 Å². The van der Waals surface area contributed by atoms with Crippen LogP contribution < -0.4 is 5.32 Å². The van der Waals surface area contributed by atoms with Gasteiger partial charge in [0.05, 0.1) is 26.0 Å². The molecule has 1 aromatic heterocycles. The Morgan fingerprint density at radius 3 is 2.95 bits per heavy atom. The highest BCUT2D eigenvalue weighted by Crippen LogP contribution is 2.28. The molecule has 22 heavy (non-hydrogen) atoms. The predicted octanol–water partition coefficient (Wildman–Crippen LogP) is 3.22. The molecule has 1 aromatic carbocycles. The third-order valence-corrected chi connectivity index (χ3v) is 3.94. The summed E-state index contributed by atoms with van der Waals surface area (Å²) >= 11 is 6.20. The molecule has 0 spiro atoms. The minimum Gasteiger partial charge on any atom is -0.467 e. The largest absolute Gasteiger partial charge is 0.467 e. The number of amides is 2. The molecule has 1 fully saturated rings. The number of ether oxygens (including phenoxy) is 1. The predicted molar refractivity (Wildman–Crippen MR) is 82.7 cm³/mol. The van der Waals surface area contributed by atoms with Crippen molar-refractivity contribution >= 4 is 17.6 Å². The third-order valence-electron chi connectivity index (χ3n) is 3.60. The maximum absolute atomic E-state index is 12.2. The molecule has 0 bridgehead atoms. The minimum atomic E-state index is -0.197. The van der Waals surface area contributed by atoms with Gasteiger partial charge in [-0.2, -0.15) is 0 Å². The summed E-state index contributed by atoms with van der Waals surface area (Å²) in [4.78, 5) is 14.0. The molecule has 1 aliphatic rings. The lowest BCUT2D eigenvalue weighted by molar-refractivity contribution is -0.0154. The Labute approximate surface area is 133 Å². The quantitative estimate of drug-likeness (QED) is 0.944. The first-order chi connectivity index (χ1) is 10.7. The highest BCUT2D eigenvalue weighted by molar-refractivity contribution is 6.31. The van der Waals surface area contributed by atoms with Gasteiger partial charge in [0.1, 0.15) is 11.9 Å². The first-order valence-electron chi connectivity index (χ1n) is 7.15. The smallest absolute Gasteiger partial charge is 0.317 e. The van der Waals surface area contributed by atoms with Gasteiger partial charge >= 0.3 is 6.03 Å². The van der Waals surface area contributed by atoms with Crippen molar-refractivity contribution in [2.45, 2.75) is 12.6 Å². The molecule has 6 heteroatoms. The zero-order valence-corrected chi connectivity index (χ0v) is 12.8. The summed E-state index contributed by atoms with van der Waals surface area (Å²) in [5.41, 5.74) is 0.910. The van der Waals surface area contributed by atoms with Crippen molar-refractivity contribution in [3.8, 4) is 0 Å². The average Bonchev–Trinajstić information content (AvgIpc) is 3.06. The van der Waals surface area contributed by atoms with Crippen molar-refractivity contribution in [2.24, 2.45) is 0 Å². The fraction of sp³-hybridized carbons (Fsp3) is 0.312. The highest BCUT2D eigenvalue weighted by atomic mass is 35.5. The van der Waals surface area contributed by atoms with E-state index in [1.165, 1.54) is 0 Å². The Bertz CT molecular complexity index is 630. The molecule has 0 unspecified atom stereocenters. The summed E-state index contributed by atoms with van der Waals surface area (Å²) < 4.78 is 11.0. The molecule has 3 rings (SSSR count). The molecule has 2 aromatic rings. The van der Waals surface area contributed by atoms with Crippen molar-refractivity contribution in [2.75, 3.05) is 19.7 Å². The molecule has 2 amide bonds. The number of carbonyl (C=O) groups excluding carboxylic acids is 1. The number of hydrogen-bond acceptors (Lipinski definition) is 3. The fourth-order valence-corrected chi connectivity index (χ4v) is 2.70. The van der Waals surface area contributed by atoms with E-state index in [4.69, 9.17) is 20.8 Å². The van der Waals surface area contributed by atoms with Gasteiger partial charge in [-0.05, 0) is 18.2 Å². The lowest BCUT2D eigenvalue weighted by atomic mass is 10.1. The van der Waals surface area contributed by atoms with Gasteiger partial charge in [-0.25, -0.2) is 4.79 Å². The molecular formula is C16H17ClN2O3. The van der Waals surface area contributed by atoms with E-state index >= 15 is 0 Å². The second kappa shape index (κ2) is 6.85. The monoisotopic (exact) mass is 320 g/mol. The van der Waals surface area contributed by atoms with E-state index in [0.717, 1.165) is 11.3 Å². The third kappa shape index (κ3) is 3.43. The van der Waals surface area contributed by atoms with Gasteiger partial charge in [0, 0.05) is 17.1 Å². The summed E-state index contributed by atoms with van der Waals surface area (Å²) in [6.45, 7) is 1.91. The number of furan rings is 1. The molecule has 1 N–H and O–H groups in total. The molecule has 1 aliphatic heterocycles. The molecule has 1 atom stereocenters. The number of rotatable bonds is 3. The van der Waals surface area contributed by atoms with Crippen molar-refractivity contribution in [1.82, 2.24) is 10.2 Å². The topological polar surface area (TPSA) is 54.7 Å². The van der Waals surface area contributed by atoms with Crippen LogP contribution in [0.5, 0.6) is 0 Å². The summed E-state index contributed by atoms with van der Waals surface area (Å²) in [5.74, 6) is 0.726. The van der Waals surface area contributed by atoms with Gasteiger partial charge in [0.25, 0.3) is 0 Å². The van der Waals surface area contributed by atoms with Crippen LogP contribution in [0.1, 0.15) is 17.4 Å². The van der Waals surface area contributed by atoms with Gasteiger partial charge in [-0.3, -0.25) is 0 Å². The van der Waals surface area contributed by atoms with E-state index in [0.29, 0.717) is 31.3 Å². The van der Waals surface area contributed by atoms with Crippen molar-refractivity contribution < 1.29 is 13.9 Å². The number of hydrogen-bond donors (Lipinski definition) is 1. The lowest BCUT2D eigenvalue weighted by Crippen LogP contribution is -2.46. The van der Waals surface area contributed by atoms with Crippen LogP contribution in [0.15, 0.2) is 47.1 Å². The lowest BCUT2D eigenvalue weighted by Gasteiger charge is -2.33. The van der Waals surface area contributed by atoms with Crippen LogP contribution in [-0.2, 0) is 11.3 Å². The molecule has 0 radical (unpaired) electrons.